The maximum absolute atomic E-state index is 14.4. The van der Waals surface area contributed by atoms with Crippen molar-refractivity contribution in [1.29, 1.82) is 5.26 Å². The molecule has 1 N–H and O–H groups in total. The second-order valence-corrected chi connectivity index (χ2v) is 9.22. The van der Waals surface area contributed by atoms with Crippen LogP contribution in [0.5, 0.6) is 5.88 Å². The Morgan fingerprint density at radius 1 is 1.37 bits per heavy atom. The predicted molar refractivity (Wildman–Crippen MR) is 124 cm³/mol. The largest absolute Gasteiger partial charge is 0.481 e. The Balaban J connectivity index is 1.31. The molecular formula is C25H25FN6O3. The van der Waals surface area contributed by atoms with Crippen molar-refractivity contribution < 1.29 is 18.3 Å². The Hall–Kier alpha value is -4.00. The number of nitrogens with one attached hydrogen (secondary N) is 1. The summed E-state index contributed by atoms with van der Waals surface area (Å²) in [5, 5.41) is 12.5. The van der Waals surface area contributed by atoms with Gasteiger partial charge in [0.1, 0.15) is 17.7 Å². The molecule has 1 saturated heterocycles. The normalized spacial score (nSPS) is 18.8. The number of ether oxygens (including phenoxy) is 1. The van der Waals surface area contributed by atoms with Gasteiger partial charge in [0.15, 0.2) is 0 Å². The van der Waals surface area contributed by atoms with Gasteiger partial charge in [-0.1, -0.05) is 0 Å². The molecule has 2 atom stereocenters. The number of aromatic nitrogens is 3. The highest BCUT2D eigenvalue weighted by Gasteiger charge is 2.56. The van der Waals surface area contributed by atoms with Crippen molar-refractivity contribution in [3.05, 3.63) is 53.4 Å². The highest BCUT2D eigenvalue weighted by molar-refractivity contribution is 5.84. The summed E-state index contributed by atoms with van der Waals surface area (Å²) in [6, 6.07) is 7.16. The number of carbonyl (C=O) groups is 1. The van der Waals surface area contributed by atoms with Crippen LogP contribution in [0.4, 0.5) is 10.2 Å². The van der Waals surface area contributed by atoms with Gasteiger partial charge in [0.25, 0.3) is 0 Å². The first kappa shape index (κ1) is 22.8. The molecule has 5 rings (SSSR count). The number of hydrogen-bond donors (Lipinski definition) is 1. The van der Waals surface area contributed by atoms with Gasteiger partial charge in [-0.2, -0.15) is 5.26 Å². The quantitative estimate of drug-likeness (QED) is 0.573. The Morgan fingerprint density at radius 2 is 2.17 bits per heavy atom. The molecule has 3 aromatic heterocycles. The number of pyridine rings is 2. The molecule has 2 aliphatic rings. The third-order valence-electron chi connectivity index (χ3n) is 7.01. The molecule has 0 aromatic carbocycles. The Labute approximate surface area is 202 Å². The van der Waals surface area contributed by atoms with Crippen molar-refractivity contribution in [2.45, 2.75) is 38.6 Å². The first-order valence-corrected chi connectivity index (χ1v) is 11.4. The van der Waals surface area contributed by atoms with Crippen LogP contribution in [0.2, 0.25) is 0 Å². The van der Waals surface area contributed by atoms with Gasteiger partial charge in [-0.3, -0.25) is 4.79 Å². The Morgan fingerprint density at radius 3 is 2.83 bits per heavy atom. The number of methoxy groups -OCH3 is 1. The maximum atomic E-state index is 14.4. The molecule has 1 saturated carbocycles. The van der Waals surface area contributed by atoms with Crippen LogP contribution in [-0.4, -0.2) is 52.0 Å². The molecule has 0 unspecified atom stereocenters. The molecule has 3 aromatic rings. The minimum Gasteiger partial charge on any atom is -0.481 e. The number of nitrogens with zero attached hydrogens (tertiary/aromatic N) is 5. The van der Waals surface area contributed by atoms with Gasteiger partial charge in [-0.05, 0) is 38.8 Å². The number of aryl methyl sites for hydroxylation is 1. The summed E-state index contributed by atoms with van der Waals surface area (Å²) < 4.78 is 24.9. The zero-order chi connectivity index (χ0) is 24.7. The van der Waals surface area contributed by atoms with Crippen LogP contribution in [0.3, 0.4) is 0 Å². The van der Waals surface area contributed by atoms with Crippen molar-refractivity contribution in [1.82, 2.24) is 19.9 Å². The summed E-state index contributed by atoms with van der Waals surface area (Å²) in [6.45, 7) is 4.71. The number of anilines is 1. The van der Waals surface area contributed by atoms with Crippen LogP contribution in [0, 0.1) is 29.5 Å². The number of amides is 1. The van der Waals surface area contributed by atoms with Crippen LogP contribution in [0.25, 0.3) is 11.5 Å². The molecule has 4 heterocycles. The Bertz CT molecular complexity index is 1330. The Kier molecular flexibility index (Phi) is 5.63. The van der Waals surface area contributed by atoms with E-state index < -0.39 is 11.7 Å². The number of rotatable bonds is 6. The summed E-state index contributed by atoms with van der Waals surface area (Å²) in [5.41, 5.74) is 1.71. The molecule has 9 nitrogen and oxygen atoms in total. The highest BCUT2D eigenvalue weighted by atomic mass is 19.1. The van der Waals surface area contributed by atoms with Crippen LogP contribution in [-0.2, 0) is 4.79 Å². The number of oxazole rings is 1. The molecule has 10 heteroatoms. The van der Waals surface area contributed by atoms with E-state index >= 15 is 0 Å². The second-order valence-electron chi connectivity index (χ2n) is 9.22. The van der Waals surface area contributed by atoms with E-state index in [0.29, 0.717) is 36.1 Å². The maximum Gasteiger partial charge on any atom is 0.230 e. The number of carbonyl (C=O) groups excluding carboxylic acids is 1. The zero-order valence-corrected chi connectivity index (χ0v) is 19.7. The number of likely N-dealkylation sites (tertiary alicyclic amines) is 1. The van der Waals surface area contributed by atoms with E-state index in [4.69, 9.17) is 14.4 Å². The molecule has 1 amide bonds. The fraction of sp³-hybridized carbons (Fsp3) is 0.400. The van der Waals surface area contributed by atoms with Crippen molar-refractivity contribution in [3.63, 3.8) is 0 Å². The molecule has 1 spiro atoms. The standard InChI is InChI=1S/C25H25FN6O3/c1-14(18-8-22(34-3)28-11-19(18)26)24(33)32-12-20(25(13-32)6-7-25)31-21-5-4-17(15(2)30-21)23-29-10-16(9-27)35-23/h4-5,8,10-11,14,20H,6-7,12-13H2,1-3H3,(H,30,31)/t14-,20-/m1/s1. The van der Waals surface area contributed by atoms with Gasteiger partial charge < -0.3 is 19.4 Å². The molecule has 0 radical (unpaired) electrons. The minimum absolute atomic E-state index is 0.00236. The topological polar surface area (TPSA) is 117 Å². The van der Waals surface area contributed by atoms with Crippen molar-refractivity contribution in [2.24, 2.45) is 5.41 Å². The smallest absolute Gasteiger partial charge is 0.230 e. The van der Waals surface area contributed by atoms with Crippen molar-refractivity contribution in [2.75, 3.05) is 25.5 Å². The minimum atomic E-state index is -0.653. The molecule has 1 aliphatic heterocycles. The van der Waals surface area contributed by atoms with Gasteiger partial charge in [0, 0.05) is 30.1 Å². The third-order valence-corrected chi connectivity index (χ3v) is 7.01. The van der Waals surface area contributed by atoms with E-state index in [2.05, 4.69) is 20.3 Å². The summed E-state index contributed by atoms with van der Waals surface area (Å²) in [7, 11) is 1.46. The van der Waals surface area contributed by atoms with Crippen LogP contribution >= 0.6 is 0 Å². The van der Waals surface area contributed by atoms with E-state index in [1.807, 2.05) is 30.0 Å². The lowest BCUT2D eigenvalue weighted by atomic mass is 10.00. The van der Waals surface area contributed by atoms with Gasteiger partial charge >= 0.3 is 0 Å². The van der Waals surface area contributed by atoms with E-state index in [1.165, 1.54) is 19.4 Å². The molecule has 35 heavy (non-hydrogen) atoms. The van der Waals surface area contributed by atoms with E-state index in [-0.39, 0.29) is 34.6 Å². The molecule has 1 aliphatic carbocycles. The lowest BCUT2D eigenvalue weighted by molar-refractivity contribution is -0.131. The summed E-state index contributed by atoms with van der Waals surface area (Å²) >= 11 is 0. The monoisotopic (exact) mass is 476 g/mol. The van der Waals surface area contributed by atoms with Crippen molar-refractivity contribution in [3.8, 4) is 23.4 Å². The molecule has 180 valence electrons. The number of halogens is 1. The average Bonchev–Trinajstić information content (AvgIpc) is 3.33. The van der Waals surface area contributed by atoms with Crippen LogP contribution in [0.15, 0.2) is 35.0 Å². The lowest BCUT2D eigenvalue weighted by Gasteiger charge is -2.22. The van der Waals surface area contributed by atoms with Gasteiger partial charge in [0.05, 0.1) is 42.7 Å². The SMILES string of the molecule is COc1cc([C@@H](C)C(=O)N2C[C@@H](Nc3ccc(-c4ncc(C#N)o4)c(C)n3)C3(CC3)C2)c(F)cn1. The zero-order valence-electron chi connectivity index (χ0n) is 19.7. The summed E-state index contributed by atoms with van der Waals surface area (Å²) in [6.07, 6.45) is 4.51. The van der Waals surface area contributed by atoms with Crippen LogP contribution < -0.4 is 10.1 Å². The predicted octanol–water partition coefficient (Wildman–Crippen LogP) is 3.67. The van der Waals surface area contributed by atoms with Gasteiger partial charge in [-0.25, -0.2) is 19.3 Å². The summed E-state index contributed by atoms with van der Waals surface area (Å²) in [5.74, 6) is 0.177. The molecule has 2 fully saturated rings. The second kappa shape index (κ2) is 8.65. The fourth-order valence-electron chi connectivity index (χ4n) is 4.78. The number of hydrogen-bond acceptors (Lipinski definition) is 8. The lowest BCUT2D eigenvalue weighted by Crippen LogP contribution is -2.34. The fourth-order valence-corrected chi connectivity index (χ4v) is 4.78. The first-order valence-electron chi connectivity index (χ1n) is 11.4. The van der Waals surface area contributed by atoms with Gasteiger partial charge in [-0.15, -0.1) is 0 Å². The third kappa shape index (κ3) is 4.18. The number of nitriles is 1. The first-order chi connectivity index (χ1) is 16.8. The molecular weight excluding hydrogens is 451 g/mol. The van der Waals surface area contributed by atoms with Gasteiger partial charge in [0.2, 0.25) is 23.4 Å². The van der Waals surface area contributed by atoms with E-state index in [1.54, 1.807) is 6.92 Å². The van der Waals surface area contributed by atoms with E-state index in [0.717, 1.165) is 19.0 Å². The highest BCUT2D eigenvalue weighted by Crippen LogP contribution is 2.54. The average molecular weight is 477 g/mol. The van der Waals surface area contributed by atoms with Crippen molar-refractivity contribution >= 4 is 11.7 Å². The summed E-state index contributed by atoms with van der Waals surface area (Å²) in [4.78, 5) is 27.8. The molecule has 0 bridgehead atoms. The van der Waals surface area contributed by atoms with E-state index in [9.17, 15) is 9.18 Å². The van der Waals surface area contributed by atoms with Crippen LogP contribution in [0.1, 0.15) is 42.7 Å².